The molecule has 2 aromatic rings. The van der Waals surface area contributed by atoms with Crippen LogP contribution in [0.1, 0.15) is 5.56 Å². The fraction of sp³-hybridized carbons (Fsp3) is 0.100. The molecule has 17 heavy (non-hydrogen) atoms. The van der Waals surface area contributed by atoms with Crippen molar-refractivity contribution in [1.82, 2.24) is 0 Å². The third-order valence-corrected chi connectivity index (χ3v) is 2.57. The topological polar surface area (TPSA) is 103 Å². The van der Waals surface area contributed by atoms with Crippen LogP contribution in [0.2, 0.25) is 0 Å². The highest BCUT2D eigenvalue weighted by Crippen LogP contribution is 2.31. The summed E-state index contributed by atoms with van der Waals surface area (Å²) in [5, 5.41) is 0.642. The molecular formula is C10H7O6P-2. The van der Waals surface area contributed by atoms with Gasteiger partial charge in [-0.1, -0.05) is 0 Å². The fourth-order valence-electron chi connectivity index (χ4n) is 1.49. The number of phosphoric ester groups is 1. The maximum Gasteiger partial charge on any atom is 0.336 e. The molecule has 0 atom stereocenters. The lowest BCUT2D eigenvalue weighted by Crippen LogP contribution is -2.18. The largest absolute Gasteiger partial charge is 0.780 e. The molecule has 7 heteroatoms. The standard InChI is InChI=1S/C10H9O6P/c1-6-4-10(11)15-9-5-7(2-3-8(6)9)16-17(12,13)14/h2-5H,1H3,(H2,12,13,14)/p-2. The van der Waals surface area contributed by atoms with Crippen LogP contribution in [0.4, 0.5) is 0 Å². The molecule has 0 amide bonds. The Morgan fingerprint density at radius 2 is 2.00 bits per heavy atom. The highest BCUT2D eigenvalue weighted by molar-refractivity contribution is 7.43. The zero-order chi connectivity index (χ0) is 12.6. The van der Waals surface area contributed by atoms with Crippen LogP contribution in [0.5, 0.6) is 5.75 Å². The van der Waals surface area contributed by atoms with Crippen LogP contribution in [0.25, 0.3) is 11.0 Å². The predicted molar refractivity (Wildman–Crippen MR) is 55.5 cm³/mol. The summed E-state index contributed by atoms with van der Waals surface area (Å²) in [6.07, 6.45) is 0. The van der Waals surface area contributed by atoms with E-state index in [-0.39, 0.29) is 11.3 Å². The van der Waals surface area contributed by atoms with Crippen LogP contribution in [-0.4, -0.2) is 0 Å². The van der Waals surface area contributed by atoms with E-state index >= 15 is 0 Å². The normalized spacial score (nSPS) is 11.7. The summed E-state index contributed by atoms with van der Waals surface area (Å²) >= 11 is 0. The Bertz CT molecular complexity index is 668. The number of benzene rings is 1. The number of aryl methyl sites for hydroxylation is 1. The van der Waals surface area contributed by atoms with Gasteiger partial charge in [-0.05, 0) is 24.6 Å². The Kier molecular flexibility index (Phi) is 2.79. The van der Waals surface area contributed by atoms with Gasteiger partial charge in [0.2, 0.25) is 0 Å². The first-order chi connectivity index (χ1) is 7.85. The quantitative estimate of drug-likeness (QED) is 0.564. The maximum absolute atomic E-state index is 11.1. The minimum atomic E-state index is -5.11. The van der Waals surface area contributed by atoms with E-state index < -0.39 is 13.4 Å². The Morgan fingerprint density at radius 1 is 1.29 bits per heavy atom. The predicted octanol–water partition coefficient (Wildman–Crippen LogP) is 0.309. The second kappa shape index (κ2) is 4.00. The van der Waals surface area contributed by atoms with Gasteiger partial charge in [0.25, 0.3) is 0 Å². The van der Waals surface area contributed by atoms with Crippen molar-refractivity contribution in [3.05, 3.63) is 40.2 Å². The number of rotatable bonds is 2. The average molecular weight is 254 g/mol. The summed E-state index contributed by atoms with van der Waals surface area (Å²) in [4.78, 5) is 32.0. The van der Waals surface area contributed by atoms with Gasteiger partial charge in [-0.2, -0.15) is 0 Å². The van der Waals surface area contributed by atoms with Gasteiger partial charge in [-0.15, -0.1) is 0 Å². The Labute approximate surface area is 95.7 Å². The van der Waals surface area contributed by atoms with E-state index in [4.69, 9.17) is 4.42 Å². The molecular weight excluding hydrogens is 247 g/mol. The molecule has 0 aliphatic heterocycles. The van der Waals surface area contributed by atoms with E-state index in [1.165, 1.54) is 24.3 Å². The first-order valence-electron chi connectivity index (χ1n) is 4.61. The highest BCUT2D eigenvalue weighted by atomic mass is 31.2. The summed E-state index contributed by atoms with van der Waals surface area (Å²) in [5.74, 6) is -0.181. The third kappa shape index (κ3) is 2.74. The van der Waals surface area contributed by atoms with Crippen molar-refractivity contribution < 1.29 is 23.3 Å². The van der Waals surface area contributed by atoms with Gasteiger partial charge in [0, 0.05) is 17.5 Å². The summed E-state index contributed by atoms with van der Waals surface area (Å²) in [5.41, 5.74) is 0.302. The van der Waals surface area contributed by atoms with Gasteiger partial charge in [-0.3, -0.25) is 0 Å². The summed E-state index contributed by atoms with van der Waals surface area (Å²) in [7, 11) is -5.11. The molecule has 0 N–H and O–H groups in total. The number of hydrogen-bond donors (Lipinski definition) is 0. The maximum atomic E-state index is 11.1. The van der Waals surface area contributed by atoms with Gasteiger partial charge in [0.1, 0.15) is 19.2 Å². The summed E-state index contributed by atoms with van der Waals surface area (Å²) in [6, 6.07) is 5.33. The smallest absolute Gasteiger partial charge is 0.336 e. The molecule has 1 heterocycles. The van der Waals surface area contributed by atoms with Gasteiger partial charge in [0.05, 0.1) is 0 Å². The van der Waals surface area contributed by atoms with E-state index in [0.29, 0.717) is 10.9 Å². The van der Waals surface area contributed by atoms with Gasteiger partial charge >= 0.3 is 5.63 Å². The lowest BCUT2D eigenvalue weighted by Gasteiger charge is -2.28. The van der Waals surface area contributed by atoms with E-state index in [1.807, 2.05) is 0 Å². The van der Waals surface area contributed by atoms with Gasteiger partial charge < -0.3 is 23.3 Å². The van der Waals surface area contributed by atoms with Gasteiger partial charge in [0.15, 0.2) is 0 Å². The molecule has 1 aromatic heterocycles. The molecule has 0 radical (unpaired) electrons. The number of phosphoric acid groups is 1. The lowest BCUT2D eigenvalue weighted by atomic mass is 10.1. The van der Waals surface area contributed by atoms with Crippen molar-refractivity contribution in [3.8, 4) is 5.75 Å². The van der Waals surface area contributed by atoms with Crippen LogP contribution in [-0.2, 0) is 4.57 Å². The molecule has 0 aliphatic carbocycles. The number of fused-ring (bicyclic) bond motifs is 1. The molecule has 90 valence electrons. The van der Waals surface area contributed by atoms with Crippen molar-refractivity contribution in [3.63, 3.8) is 0 Å². The van der Waals surface area contributed by atoms with Crippen LogP contribution in [0.3, 0.4) is 0 Å². The Balaban J connectivity index is 2.58. The molecule has 2 rings (SSSR count). The Morgan fingerprint density at radius 3 is 2.65 bits per heavy atom. The first kappa shape index (κ1) is 11.9. The molecule has 0 bridgehead atoms. The SMILES string of the molecule is Cc1cc(=O)oc2cc(OP(=O)([O-])[O-])ccc12. The highest BCUT2D eigenvalue weighted by Gasteiger charge is 2.04. The molecule has 0 saturated heterocycles. The zero-order valence-electron chi connectivity index (χ0n) is 8.71. The van der Waals surface area contributed by atoms with E-state index in [9.17, 15) is 19.1 Å². The molecule has 0 unspecified atom stereocenters. The van der Waals surface area contributed by atoms with Crippen molar-refractivity contribution in [2.24, 2.45) is 0 Å². The van der Waals surface area contributed by atoms with Crippen molar-refractivity contribution >= 4 is 18.8 Å². The van der Waals surface area contributed by atoms with Crippen LogP contribution < -0.4 is 19.9 Å². The van der Waals surface area contributed by atoms with E-state index in [1.54, 1.807) is 6.92 Å². The monoisotopic (exact) mass is 254 g/mol. The third-order valence-electron chi connectivity index (χ3n) is 2.14. The van der Waals surface area contributed by atoms with Gasteiger partial charge in [-0.25, -0.2) is 4.79 Å². The van der Waals surface area contributed by atoms with Crippen molar-refractivity contribution in [2.45, 2.75) is 6.92 Å². The lowest BCUT2D eigenvalue weighted by molar-refractivity contribution is -0.333. The minimum absolute atomic E-state index is 0.168. The first-order valence-corrected chi connectivity index (χ1v) is 6.07. The second-order valence-electron chi connectivity index (χ2n) is 3.44. The molecule has 6 nitrogen and oxygen atoms in total. The van der Waals surface area contributed by atoms with E-state index in [0.717, 1.165) is 0 Å². The van der Waals surface area contributed by atoms with E-state index in [2.05, 4.69) is 4.52 Å². The summed E-state index contributed by atoms with van der Waals surface area (Å²) < 4.78 is 19.5. The molecule has 0 spiro atoms. The minimum Gasteiger partial charge on any atom is -0.780 e. The second-order valence-corrected chi connectivity index (χ2v) is 4.52. The molecule has 0 aliphatic rings. The molecule has 0 fully saturated rings. The average Bonchev–Trinajstić information content (AvgIpc) is 2.13. The number of hydrogen-bond acceptors (Lipinski definition) is 6. The van der Waals surface area contributed by atoms with Crippen molar-refractivity contribution in [1.29, 1.82) is 0 Å². The fourth-order valence-corrected chi connectivity index (χ4v) is 1.86. The molecule has 0 saturated carbocycles. The summed E-state index contributed by atoms with van der Waals surface area (Å²) in [6.45, 7) is 1.71. The Hall–Kier alpha value is -1.62. The van der Waals surface area contributed by atoms with Crippen LogP contribution in [0.15, 0.2) is 33.5 Å². The zero-order valence-corrected chi connectivity index (χ0v) is 9.60. The van der Waals surface area contributed by atoms with Crippen LogP contribution in [0, 0.1) is 6.92 Å². The van der Waals surface area contributed by atoms with Crippen molar-refractivity contribution in [2.75, 3.05) is 0 Å². The van der Waals surface area contributed by atoms with Crippen LogP contribution >= 0.6 is 7.82 Å². The molecule has 1 aromatic carbocycles.